The molecule has 4 rings (SSSR count). The zero-order valence-corrected chi connectivity index (χ0v) is 18.3. The molecule has 0 spiro atoms. The Morgan fingerprint density at radius 3 is 2.64 bits per heavy atom. The average Bonchev–Trinajstić information content (AvgIpc) is 2.78. The Labute approximate surface area is 195 Å². The highest BCUT2D eigenvalue weighted by atomic mass is 35.5. The third-order valence-corrected chi connectivity index (χ3v) is 5.77. The summed E-state index contributed by atoms with van der Waals surface area (Å²) in [6.07, 6.45) is 0. The summed E-state index contributed by atoms with van der Waals surface area (Å²) in [5.74, 6) is -1.46. The van der Waals surface area contributed by atoms with E-state index in [4.69, 9.17) is 11.6 Å². The zero-order valence-electron chi connectivity index (χ0n) is 16.7. The Morgan fingerprint density at radius 1 is 1.15 bits per heavy atom. The van der Waals surface area contributed by atoms with E-state index in [0.29, 0.717) is 10.9 Å². The number of carbonyl (C=O) groups is 1. The molecule has 3 aromatic carbocycles. The molecule has 166 valence electrons. The molecule has 0 fully saturated rings. The molecule has 33 heavy (non-hydrogen) atoms. The maximum Gasteiger partial charge on any atom is 0.292 e. The number of hydrogen-bond acceptors (Lipinski definition) is 6. The van der Waals surface area contributed by atoms with E-state index in [1.165, 1.54) is 36.4 Å². The lowest BCUT2D eigenvalue weighted by Crippen LogP contribution is -2.23. The summed E-state index contributed by atoms with van der Waals surface area (Å²) in [6, 6.07) is 16.1. The molecule has 11 heteroatoms. The van der Waals surface area contributed by atoms with Crippen molar-refractivity contribution in [3.05, 3.63) is 98.0 Å². The van der Waals surface area contributed by atoms with Gasteiger partial charge in [-0.1, -0.05) is 47.6 Å². The number of carbonyl (C=O) groups excluding carboxylic acids is 1. The molecule has 1 aromatic heterocycles. The van der Waals surface area contributed by atoms with Crippen LogP contribution in [0.3, 0.4) is 0 Å². The second kappa shape index (κ2) is 9.39. The number of aromatic nitrogens is 2. The minimum absolute atomic E-state index is 0.00543. The van der Waals surface area contributed by atoms with E-state index >= 15 is 0 Å². The van der Waals surface area contributed by atoms with E-state index < -0.39 is 22.2 Å². The molecule has 8 nitrogen and oxygen atoms in total. The van der Waals surface area contributed by atoms with Crippen molar-refractivity contribution in [1.29, 1.82) is 0 Å². The largest absolute Gasteiger partial charge is 0.320 e. The van der Waals surface area contributed by atoms with Crippen LogP contribution in [0.4, 0.5) is 15.8 Å². The third-order valence-electron chi connectivity index (χ3n) is 4.60. The number of fused-ring (bicyclic) bond motifs is 1. The van der Waals surface area contributed by atoms with Crippen molar-refractivity contribution in [2.45, 2.75) is 5.16 Å². The van der Waals surface area contributed by atoms with E-state index in [1.807, 2.05) is 0 Å². The second-order valence-corrected chi connectivity index (χ2v) is 8.14. The monoisotopic (exact) mass is 484 g/mol. The first kappa shape index (κ1) is 22.4. The van der Waals surface area contributed by atoms with Crippen LogP contribution in [0.1, 0.15) is 0 Å². The number of amides is 1. The fourth-order valence-electron chi connectivity index (χ4n) is 3.14. The normalized spacial score (nSPS) is 10.8. The number of thioether (sulfide) groups is 1. The summed E-state index contributed by atoms with van der Waals surface area (Å²) in [6.45, 7) is 0. The molecule has 0 saturated heterocycles. The molecule has 0 bridgehead atoms. The first-order chi connectivity index (χ1) is 15.8. The van der Waals surface area contributed by atoms with Crippen LogP contribution < -0.4 is 10.9 Å². The zero-order chi connectivity index (χ0) is 23.5. The van der Waals surface area contributed by atoms with Crippen molar-refractivity contribution >= 4 is 51.5 Å². The summed E-state index contributed by atoms with van der Waals surface area (Å²) in [4.78, 5) is 40.7. The van der Waals surface area contributed by atoms with E-state index in [1.54, 1.807) is 30.3 Å². The molecule has 4 aromatic rings. The van der Waals surface area contributed by atoms with Gasteiger partial charge in [0.15, 0.2) is 5.16 Å². The number of nitrogens with one attached hydrogen (secondary N) is 1. The van der Waals surface area contributed by atoms with Gasteiger partial charge in [-0.3, -0.25) is 24.3 Å². The van der Waals surface area contributed by atoms with E-state index in [2.05, 4.69) is 10.3 Å². The summed E-state index contributed by atoms with van der Waals surface area (Å²) in [5, 5.41) is 14.3. The topological polar surface area (TPSA) is 107 Å². The van der Waals surface area contributed by atoms with E-state index in [9.17, 15) is 24.1 Å². The van der Waals surface area contributed by atoms with Gasteiger partial charge in [-0.15, -0.1) is 0 Å². The fraction of sp³-hybridized carbons (Fsp3) is 0.0455. The van der Waals surface area contributed by atoms with Gasteiger partial charge >= 0.3 is 0 Å². The molecule has 0 aliphatic heterocycles. The number of rotatable bonds is 6. The van der Waals surface area contributed by atoms with Crippen molar-refractivity contribution in [2.24, 2.45) is 0 Å². The van der Waals surface area contributed by atoms with Gasteiger partial charge < -0.3 is 5.32 Å². The number of para-hydroxylation sites is 2. The van der Waals surface area contributed by atoms with E-state index in [0.717, 1.165) is 16.3 Å². The first-order valence-electron chi connectivity index (χ1n) is 9.48. The summed E-state index contributed by atoms with van der Waals surface area (Å²) in [5.41, 5.74) is -0.474. The van der Waals surface area contributed by atoms with Crippen molar-refractivity contribution in [2.75, 3.05) is 11.1 Å². The number of nitrogens with zero attached hydrogens (tertiary/aromatic N) is 3. The molecule has 0 aliphatic carbocycles. The smallest absolute Gasteiger partial charge is 0.292 e. The van der Waals surface area contributed by atoms with Crippen molar-refractivity contribution in [3.63, 3.8) is 0 Å². The number of benzene rings is 3. The van der Waals surface area contributed by atoms with Gasteiger partial charge in [-0.2, -0.15) is 0 Å². The molecule has 0 unspecified atom stereocenters. The lowest BCUT2D eigenvalue weighted by Gasteiger charge is -2.14. The van der Waals surface area contributed by atoms with Crippen LogP contribution in [0.2, 0.25) is 5.02 Å². The highest BCUT2D eigenvalue weighted by molar-refractivity contribution is 7.99. The fourth-order valence-corrected chi connectivity index (χ4v) is 4.12. The second-order valence-electron chi connectivity index (χ2n) is 6.76. The Morgan fingerprint density at radius 2 is 1.88 bits per heavy atom. The molecule has 0 saturated carbocycles. The highest BCUT2D eigenvalue weighted by Gasteiger charge is 2.19. The SMILES string of the molecule is O=C(CSc1nc2ccccc2c(=O)n1-c1ccccc1F)Nc1cc(Cl)ccc1[N+](=O)[O-]. The minimum atomic E-state index is -0.639. The van der Waals surface area contributed by atoms with Crippen LogP contribution in [0, 0.1) is 15.9 Å². The number of anilines is 1. The highest BCUT2D eigenvalue weighted by Crippen LogP contribution is 2.28. The Hall–Kier alpha value is -3.76. The van der Waals surface area contributed by atoms with E-state index in [-0.39, 0.29) is 33.0 Å². The predicted octanol–water partition coefficient (Wildman–Crippen LogP) is 4.82. The maximum absolute atomic E-state index is 14.5. The van der Waals surface area contributed by atoms with Crippen molar-refractivity contribution < 1.29 is 14.1 Å². The average molecular weight is 485 g/mol. The number of nitro groups is 1. The maximum atomic E-state index is 14.5. The van der Waals surface area contributed by atoms with Gasteiger partial charge in [-0.25, -0.2) is 9.37 Å². The van der Waals surface area contributed by atoms with Gasteiger partial charge in [0.25, 0.3) is 11.2 Å². The number of halogens is 2. The Balaban J connectivity index is 1.68. The summed E-state index contributed by atoms with van der Waals surface area (Å²) >= 11 is 6.79. The molecular weight excluding hydrogens is 471 g/mol. The Kier molecular flexibility index (Phi) is 6.38. The Bertz CT molecular complexity index is 1460. The quantitative estimate of drug-likeness (QED) is 0.182. The number of nitro benzene ring substituents is 1. The summed E-state index contributed by atoms with van der Waals surface area (Å²) < 4.78 is 15.6. The van der Waals surface area contributed by atoms with Crippen molar-refractivity contribution in [3.8, 4) is 5.69 Å². The van der Waals surface area contributed by atoms with Gasteiger partial charge in [0.1, 0.15) is 11.5 Å². The first-order valence-corrected chi connectivity index (χ1v) is 10.8. The molecule has 1 N–H and O–H groups in total. The van der Waals surface area contributed by atoms with Crippen LogP contribution >= 0.6 is 23.4 Å². The predicted molar refractivity (Wildman–Crippen MR) is 125 cm³/mol. The third kappa shape index (κ3) is 4.71. The molecule has 0 aliphatic rings. The van der Waals surface area contributed by atoms with Gasteiger partial charge in [-0.05, 0) is 36.4 Å². The minimum Gasteiger partial charge on any atom is -0.320 e. The van der Waals surface area contributed by atoms with Gasteiger partial charge in [0.05, 0.1) is 27.3 Å². The lowest BCUT2D eigenvalue weighted by molar-refractivity contribution is -0.383. The molecule has 0 radical (unpaired) electrons. The number of hydrogen-bond donors (Lipinski definition) is 1. The van der Waals surface area contributed by atoms with Gasteiger partial charge in [0, 0.05) is 11.1 Å². The molecular formula is C22H14ClFN4O4S. The van der Waals surface area contributed by atoms with Crippen LogP contribution in [-0.4, -0.2) is 26.1 Å². The molecule has 0 atom stereocenters. The van der Waals surface area contributed by atoms with Crippen LogP contribution in [0.25, 0.3) is 16.6 Å². The molecule has 1 amide bonds. The van der Waals surface area contributed by atoms with Crippen LogP contribution in [-0.2, 0) is 4.79 Å². The standard InChI is InChI=1S/C22H14ClFN4O4S/c23-13-9-10-19(28(31)32)17(11-13)25-20(29)12-33-22-26-16-7-3-1-5-14(16)21(30)27(22)18-8-4-2-6-15(18)24/h1-11H,12H2,(H,25,29). The van der Waals surface area contributed by atoms with Gasteiger partial charge in [0.2, 0.25) is 5.91 Å². The van der Waals surface area contributed by atoms with Crippen molar-refractivity contribution in [1.82, 2.24) is 9.55 Å². The van der Waals surface area contributed by atoms with Crippen LogP contribution in [0.15, 0.2) is 76.7 Å². The summed E-state index contributed by atoms with van der Waals surface area (Å²) in [7, 11) is 0. The van der Waals surface area contributed by atoms with Crippen LogP contribution in [0.5, 0.6) is 0 Å². The lowest BCUT2D eigenvalue weighted by atomic mass is 10.2. The molecule has 1 heterocycles.